The highest BCUT2D eigenvalue weighted by Crippen LogP contribution is 2.39. The van der Waals surface area contributed by atoms with Crippen LogP contribution in [0.3, 0.4) is 0 Å². The number of hydrogen-bond acceptors (Lipinski definition) is 4. The lowest BCUT2D eigenvalue weighted by Gasteiger charge is -2.16. The van der Waals surface area contributed by atoms with E-state index in [0.29, 0.717) is 16.2 Å². The summed E-state index contributed by atoms with van der Waals surface area (Å²) in [6, 6.07) is 9.83. The molecule has 1 heterocycles. The maximum absolute atomic E-state index is 13.0. The maximum Gasteiger partial charge on any atom is 0.416 e. The average Bonchev–Trinajstić information content (AvgIpc) is 2.88. The zero-order valence-corrected chi connectivity index (χ0v) is 16.9. The largest absolute Gasteiger partial charge is 0.496 e. The highest BCUT2D eigenvalue weighted by Gasteiger charge is 2.36. The molecule has 140 valence electrons. The van der Waals surface area contributed by atoms with Crippen molar-refractivity contribution in [3.05, 3.63) is 63.0 Å². The second-order valence-corrected chi connectivity index (χ2v) is 8.04. The molecule has 1 aliphatic rings. The van der Waals surface area contributed by atoms with Gasteiger partial charge in [-0.15, -0.1) is 0 Å². The third-order valence-electron chi connectivity index (χ3n) is 3.70. The highest BCUT2D eigenvalue weighted by molar-refractivity contribution is 9.10. The monoisotopic (exact) mass is 473 g/mol. The van der Waals surface area contributed by atoms with Crippen molar-refractivity contribution in [1.82, 2.24) is 0 Å². The van der Waals surface area contributed by atoms with Gasteiger partial charge in [-0.1, -0.05) is 46.0 Å². The number of halogens is 4. The average molecular weight is 474 g/mol. The number of methoxy groups -OCH3 is 1. The molecule has 1 amide bonds. The lowest BCUT2D eigenvalue weighted by molar-refractivity contribution is -0.137. The molecule has 0 N–H and O–H groups in total. The van der Waals surface area contributed by atoms with Crippen LogP contribution in [0.4, 0.5) is 18.9 Å². The Balaban J connectivity index is 1.98. The molecule has 0 atom stereocenters. The molecule has 1 saturated heterocycles. The van der Waals surface area contributed by atoms with Gasteiger partial charge >= 0.3 is 6.18 Å². The van der Waals surface area contributed by atoms with Crippen molar-refractivity contribution in [3.63, 3.8) is 0 Å². The fourth-order valence-corrected chi connectivity index (χ4v) is 4.14. The van der Waals surface area contributed by atoms with Crippen LogP contribution >= 0.6 is 39.9 Å². The molecule has 9 heteroatoms. The Bertz CT molecular complexity index is 960. The van der Waals surface area contributed by atoms with Crippen LogP contribution in [0.1, 0.15) is 11.1 Å². The van der Waals surface area contributed by atoms with E-state index in [4.69, 9.17) is 17.0 Å². The third-order valence-corrected chi connectivity index (χ3v) is 5.50. The molecule has 1 aliphatic heterocycles. The zero-order chi connectivity index (χ0) is 19.8. The first-order chi connectivity index (χ1) is 12.7. The van der Waals surface area contributed by atoms with E-state index in [-0.39, 0.29) is 10.0 Å². The third kappa shape index (κ3) is 4.20. The molecule has 3 rings (SSSR count). The number of anilines is 1. The lowest BCUT2D eigenvalue weighted by Crippen LogP contribution is -2.27. The molecule has 1 fully saturated rings. The van der Waals surface area contributed by atoms with Crippen molar-refractivity contribution in [2.75, 3.05) is 12.0 Å². The first kappa shape index (κ1) is 19.9. The van der Waals surface area contributed by atoms with E-state index in [1.165, 1.54) is 19.2 Å². The molecule has 0 spiro atoms. The Kier molecular flexibility index (Phi) is 5.64. The topological polar surface area (TPSA) is 29.5 Å². The Morgan fingerprint density at radius 1 is 1.22 bits per heavy atom. The van der Waals surface area contributed by atoms with Crippen molar-refractivity contribution in [3.8, 4) is 5.75 Å². The molecule has 3 nitrogen and oxygen atoms in total. The van der Waals surface area contributed by atoms with Crippen molar-refractivity contribution in [2.24, 2.45) is 0 Å². The molecule has 0 saturated carbocycles. The Hall–Kier alpha value is -1.84. The smallest absolute Gasteiger partial charge is 0.416 e. The van der Waals surface area contributed by atoms with Crippen molar-refractivity contribution in [1.29, 1.82) is 0 Å². The second kappa shape index (κ2) is 7.65. The second-order valence-electron chi connectivity index (χ2n) is 5.45. The molecule has 0 radical (unpaired) electrons. The number of rotatable bonds is 3. The first-order valence-electron chi connectivity index (χ1n) is 7.49. The van der Waals surface area contributed by atoms with Crippen LogP contribution in [0.25, 0.3) is 6.08 Å². The molecule has 27 heavy (non-hydrogen) atoms. The zero-order valence-electron chi connectivity index (χ0n) is 13.7. The molecule has 2 aromatic carbocycles. The van der Waals surface area contributed by atoms with Gasteiger partial charge in [0.25, 0.3) is 5.91 Å². The van der Waals surface area contributed by atoms with E-state index in [2.05, 4.69) is 15.9 Å². The van der Waals surface area contributed by atoms with Gasteiger partial charge in [0, 0.05) is 10.0 Å². The molecular weight excluding hydrogens is 463 g/mol. The molecular formula is C18H11BrF3NO2S2. The molecule has 0 aliphatic carbocycles. The van der Waals surface area contributed by atoms with E-state index >= 15 is 0 Å². The number of carbonyl (C=O) groups excluding carboxylic acids is 1. The van der Waals surface area contributed by atoms with Crippen molar-refractivity contribution in [2.45, 2.75) is 6.18 Å². The van der Waals surface area contributed by atoms with Crippen LogP contribution in [0.2, 0.25) is 0 Å². The van der Waals surface area contributed by atoms with Gasteiger partial charge in [-0.2, -0.15) is 13.2 Å². The van der Waals surface area contributed by atoms with Gasteiger partial charge in [-0.3, -0.25) is 9.69 Å². The van der Waals surface area contributed by atoms with E-state index in [1.54, 1.807) is 24.3 Å². The summed E-state index contributed by atoms with van der Waals surface area (Å²) in [7, 11) is 1.51. The van der Waals surface area contributed by atoms with Gasteiger partial charge in [0.2, 0.25) is 0 Å². The molecule has 0 bridgehead atoms. The fourth-order valence-electron chi connectivity index (χ4n) is 2.47. The number of benzene rings is 2. The predicted octanol–water partition coefficient (Wildman–Crippen LogP) is 5.88. The number of hydrogen-bond donors (Lipinski definition) is 0. The van der Waals surface area contributed by atoms with Crippen LogP contribution in [-0.4, -0.2) is 17.3 Å². The minimum absolute atomic E-state index is 0.0805. The number of nitrogens with zero attached hydrogens (tertiary/aromatic N) is 1. The lowest BCUT2D eigenvalue weighted by atomic mass is 10.1. The number of alkyl halides is 3. The normalized spacial score (nSPS) is 16.3. The van der Waals surface area contributed by atoms with Gasteiger partial charge in [-0.25, -0.2) is 0 Å². The van der Waals surface area contributed by atoms with Crippen LogP contribution in [0.5, 0.6) is 5.75 Å². The maximum atomic E-state index is 13.0. The van der Waals surface area contributed by atoms with Crippen LogP contribution in [0.15, 0.2) is 51.8 Å². The predicted molar refractivity (Wildman–Crippen MR) is 108 cm³/mol. The number of ether oxygens (including phenoxy) is 1. The Morgan fingerprint density at radius 3 is 2.63 bits per heavy atom. The van der Waals surface area contributed by atoms with Crippen LogP contribution in [0, 0.1) is 0 Å². The molecule has 0 aromatic heterocycles. The number of thiocarbonyl (C=S) groups is 1. The summed E-state index contributed by atoms with van der Waals surface area (Å²) >= 11 is 9.61. The fraction of sp³-hybridized carbons (Fsp3) is 0.111. The SMILES string of the molecule is COc1ccc(Br)cc1/C=C1/SC(=S)N(c2cccc(C(F)(F)F)c2)C1=O. The number of amides is 1. The van der Waals surface area contributed by atoms with Gasteiger partial charge < -0.3 is 4.74 Å². The van der Waals surface area contributed by atoms with Crippen LogP contribution in [-0.2, 0) is 11.0 Å². The van der Waals surface area contributed by atoms with Crippen LogP contribution < -0.4 is 9.64 Å². The van der Waals surface area contributed by atoms with E-state index in [9.17, 15) is 18.0 Å². The minimum atomic E-state index is -4.50. The van der Waals surface area contributed by atoms with Gasteiger partial charge in [-0.05, 0) is 42.5 Å². The summed E-state index contributed by atoms with van der Waals surface area (Å²) in [5.74, 6) is 0.0777. The van der Waals surface area contributed by atoms with Crippen molar-refractivity contribution < 1.29 is 22.7 Å². The summed E-state index contributed by atoms with van der Waals surface area (Å²) < 4.78 is 45.1. The van der Waals surface area contributed by atoms with Gasteiger partial charge in [0.15, 0.2) is 4.32 Å². The molecule has 2 aromatic rings. The van der Waals surface area contributed by atoms with Gasteiger partial charge in [0.1, 0.15) is 5.75 Å². The highest BCUT2D eigenvalue weighted by atomic mass is 79.9. The quantitative estimate of drug-likeness (QED) is 0.411. The Morgan fingerprint density at radius 2 is 1.96 bits per heavy atom. The van der Waals surface area contributed by atoms with Gasteiger partial charge in [0.05, 0.1) is 23.3 Å². The summed E-state index contributed by atoms with van der Waals surface area (Å²) in [5.41, 5.74) is -0.111. The summed E-state index contributed by atoms with van der Waals surface area (Å²) in [6.45, 7) is 0. The van der Waals surface area contributed by atoms with E-state index in [0.717, 1.165) is 33.3 Å². The summed E-state index contributed by atoms with van der Waals surface area (Å²) in [6.07, 6.45) is -2.90. The summed E-state index contributed by atoms with van der Waals surface area (Å²) in [4.78, 5) is 14.2. The van der Waals surface area contributed by atoms with E-state index in [1.807, 2.05) is 0 Å². The summed E-state index contributed by atoms with van der Waals surface area (Å²) in [5, 5.41) is 0. The van der Waals surface area contributed by atoms with E-state index < -0.39 is 17.6 Å². The number of thioether (sulfide) groups is 1. The molecule has 0 unspecified atom stereocenters. The number of carbonyl (C=O) groups is 1. The van der Waals surface area contributed by atoms with Crippen molar-refractivity contribution >= 4 is 61.9 Å². The minimum Gasteiger partial charge on any atom is -0.496 e. The first-order valence-corrected chi connectivity index (χ1v) is 9.51. The Labute approximate surface area is 171 Å². The standard InChI is InChI=1S/C18H11BrF3NO2S2/c1-25-14-6-5-12(19)7-10(14)8-15-16(24)23(17(26)27-15)13-4-2-3-11(9-13)18(20,21)22/h2-9H,1H3/b15-8+.